The van der Waals surface area contributed by atoms with Gasteiger partial charge in [-0.25, -0.2) is 0 Å². The van der Waals surface area contributed by atoms with Crippen LogP contribution in [0.15, 0.2) is 41.3 Å². The van der Waals surface area contributed by atoms with Gasteiger partial charge in [0.05, 0.1) is 0 Å². The minimum absolute atomic E-state index is 0.0154. The molecule has 4 nitrogen and oxygen atoms in total. The Bertz CT molecular complexity index is 561. The first-order valence-electron chi connectivity index (χ1n) is 5.47. The molecule has 0 saturated carbocycles. The van der Waals surface area contributed by atoms with E-state index in [9.17, 15) is 9.90 Å². The average molecular weight is 230 g/mol. The lowest BCUT2D eigenvalue weighted by Gasteiger charge is -2.09. The van der Waals surface area contributed by atoms with Crippen molar-refractivity contribution < 1.29 is 5.11 Å². The molecule has 2 aromatic heterocycles. The quantitative estimate of drug-likeness (QED) is 0.869. The highest BCUT2D eigenvalue weighted by atomic mass is 16.3. The first-order chi connectivity index (χ1) is 8.16. The molecule has 2 heterocycles. The summed E-state index contributed by atoms with van der Waals surface area (Å²) < 4.78 is 1.63. The van der Waals surface area contributed by atoms with Crippen molar-refractivity contribution in [3.8, 4) is 5.75 Å². The molecule has 0 amide bonds. The van der Waals surface area contributed by atoms with E-state index in [2.05, 4.69) is 4.98 Å². The largest absolute Gasteiger partial charge is 0.508 e. The number of rotatable bonds is 3. The molecule has 0 aliphatic rings. The highest BCUT2D eigenvalue weighted by molar-refractivity contribution is 5.21. The monoisotopic (exact) mass is 230 g/mol. The fourth-order valence-electron chi connectivity index (χ4n) is 1.77. The Morgan fingerprint density at radius 1 is 1.35 bits per heavy atom. The summed E-state index contributed by atoms with van der Waals surface area (Å²) in [6.07, 6.45) is 2.44. The zero-order valence-electron chi connectivity index (χ0n) is 9.63. The van der Waals surface area contributed by atoms with Gasteiger partial charge >= 0.3 is 0 Å². The van der Waals surface area contributed by atoms with Crippen molar-refractivity contribution in [1.29, 1.82) is 0 Å². The fraction of sp³-hybridized carbons (Fsp3) is 0.231. The first kappa shape index (κ1) is 11.4. The lowest BCUT2D eigenvalue weighted by molar-refractivity contribution is 0.469. The van der Waals surface area contributed by atoms with E-state index < -0.39 is 0 Å². The molecule has 0 aromatic carbocycles. The van der Waals surface area contributed by atoms with Gasteiger partial charge in [0.15, 0.2) is 0 Å². The third-order valence-electron chi connectivity index (χ3n) is 2.64. The standard InChI is InChI=1S/C13H14N2O2/c1-10-8-12(16)9-13(17)15(10)7-5-11-4-2-3-6-14-11/h2-4,6,8-9,16H,5,7H2,1H3. The second-order valence-electron chi connectivity index (χ2n) is 3.92. The Morgan fingerprint density at radius 2 is 2.18 bits per heavy atom. The molecule has 1 N–H and O–H groups in total. The zero-order valence-corrected chi connectivity index (χ0v) is 9.63. The van der Waals surface area contributed by atoms with Crippen LogP contribution < -0.4 is 5.56 Å². The molecule has 0 bridgehead atoms. The Morgan fingerprint density at radius 3 is 2.82 bits per heavy atom. The first-order valence-corrected chi connectivity index (χ1v) is 5.47. The van der Waals surface area contributed by atoms with Crippen LogP contribution in [0.2, 0.25) is 0 Å². The smallest absolute Gasteiger partial charge is 0.254 e. The number of nitrogens with zero attached hydrogens (tertiary/aromatic N) is 2. The van der Waals surface area contributed by atoms with Crippen LogP contribution in [-0.4, -0.2) is 14.7 Å². The number of aryl methyl sites for hydroxylation is 2. The van der Waals surface area contributed by atoms with E-state index in [1.165, 1.54) is 6.07 Å². The third kappa shape index (κ3) is 2.72. The molecule has 0 fully saturated rings. The second-order valence-corrected chi connectivity index (χ2v) is 3.92. The Balaban J connectivity index is 2.18. The van der Waals surface area contributed by atoms with Crippen LogP contribution in [0.5, 0.6) is 5.75 Å². The SMILES string of the molecule is Cc1cc(O)cc(=O)n1CCc1ccccn1. The van der Waals surface area contributed by atoms with Gasteiger partial charge in [0.1, 0.15) is 5.75 Å². The summed E-state index contributed by atoms with van der Waals surface area (Å²) in [5.74, 6) is 0.0154. The van der Waals surface area contributed by atoms with Crippen molar-refractivity contribution in [3.63, 3.8) is 0 Å². The molecule has 0 atom stereocenters. The Kier molecular flexibility index (Phi) is 3.23. The van der Waals surface area contributed by atoms with Gasteiger partial charge in [-0.15, -0.1) is 0 Å². The fourth-order valence-corrected chi connectivity index (χ4v) is 1.77. The van der Waals surface area contributed by atoms with Crippen molar-refractivity contribution >= 4 is 0 Å². The van der Waals surface area contributed by atoms with E-state index in [-0.39, 0.29) is 11.3 Å². The van der Waals surface area contributed by atoms with Crippen LogP contribution >= 0.6 is 0 Å². The summed E-state index contributed by atoms with van der Waals surface area (Å²) in [4.78, 5) is 15.9. The average Bonchev–Trinajstić information content (AvgIpc) is 2.29. The normalized spacial score (nSPS) is 10.4. The molecule has 0 radical (unpaired) electrons. The summed E-state index contributed by atoms with van der Waals surface area (Å²) in [7, 11) is 0. The molecule has 4 heteroatoms. The minimum Gasteiger partial charge on any atom is -0.508 e. The number of hydrogen-bond acceptors (Lipinski definition) is 3. The van der Waals surface area contributed by atoms with Crippen LogP contribution in [0.1, 0.15) is 11.4 Å². The number of aromatic hydroxyl groups is 1. The topological polar surface area (TPSA) is 55.1 Å². The van der Waals surface area contributed by atoms with Crippen LogP contribution in [0, 0.1) is 6.92 Å². The van der Waals surface area contributed by atoms with E-state index in [1.54, 1.807) is 23.8 Å². The van der Waals surface area contributed by atoms with Crippen LogP contribution in [0.3, 0.4) is 0 Å². The number of pyridine rings is 2. The van der Waals surface area contributed by atoms with Crippen molar-refractivity contribution in [3.05, 3.63) is 58.3 Å². The predicted octanol–water partition coefficient (Wildman–Crippen LogP) is 1.50. The van der Waals surface area contributed by atoms with Crippen molar-refractivity contribution in [2.75, 3.05) is 0 Å². The van der Waals surface area contributed by atoms with Crippen LogP contribution in [-0.2, 0) is 13.0 Å². The van der Waals surface area contributed by atoms with E-state index in [1.807, 2.05) is 18.2 Å². The minimum atomic E-state index is -0.182. The van der Waals surface area contributed by atoms with Gasteiger partial charge in [-0.3, -0.25) is 9.78 Å². The lowest BCUT2D eigenvalue weighted by atomic mass is 10.2. The molecule has 88 valence electrons. The van der Waals surface area contributed by atoms with Gasteiger partial charge < -0.3 is 9.67 Å². The van der Waals surface area contributed by atoms with Crippen LogP contribution in [0.4, 0.5) is 0 Å². The van der Waals surface area contributed by atoms with Crippen molar-refractivity contribution in [2.45, 2.75) is 19.9 Å². The van der Waals surface area contributed by atoms with Gasteiger partial charge in [-0.05, 0) is 25.1 Å². The number of aromatic nitrogens is 2. The molecule has 2 rings (SSSR count). The Hall–Kier alpha value is -2.10. The van der Waals surface area contributed by atoms with Crippen LogP contribution in [0.25, 0.3) is 0 Å². The molecular weight excluding hydrogens is 216 g/mol. The van der Waals surface area contributed by atoms with Gasteiger partial charge in [-0.1, -0.05) is 6.07 Å². The maximum atomic E-state index is 11.7. The molecule has 0 saturated heterocycles. The molecule has 0 aliphatic carbocycles. The van der Waals surface area contributed by atoms with Crippen molar-refractivity contribution in [1.82, 2.24) is 9.55 Å². The molecular formula is C13H14N2O2. The molecule has 0 spiro atoms. The Labute approximate surface area is 99.2 Å². The second kappa shape index (κ2) is 4.82. The van der Waals surface area contributed by atoms with E-state index in [4.69, 9.17) is 0 Å². The van der Waals surface area contributed by atoms with E-state index in [0.29, 0.717) is 13.0 Å². The molecule has 0 unspecified atom stereocenters. The van der Waals surface area contributed by atoms with Gasteiger partial charge in [0, 0.05) is 36.6 Å². The summed E-state index contributed by atoms with van der Waals surface area (Å²) >= 11 is 0. The highest BCUT2D eigenvalue weighted by Crippen LogP contribution is 2.07. The molecule has 17 heavy (non-hydrogen) atoms. The maximum Gasteiger partial charge on any atom is 0.254 e. The maximum absolute atomic E-state index is 11.7. The third-order valence-corrected chi connectivity index (χ3v) is 2.64. The summed E-state index contributed by atoms with van der Waals surface area (Å²) in [5.41, 5.74) is 1.52. The molecule has 0 aliphatic heterocycles. The summed E-state index contributed by atoms with van der Waals surface area (Å²) in [6, 6.07) is 8.53. The summed E-state index contributed by atoms with van der Waals surface area (Å²) in [5, 5.41) is 9.28. The molecule has 2 aromatic rings. The van der Waals surface area contributed by atoms with E-state index in [0.717, 1.165) is 11.4 Å². The van der Waals surface area contributed by atoms with Gasteiger partial charge in [0.2, 0.25) is 0 Å². The van der Waals surface area contributed by atoms with Gasteiger partial charge in [-0.2, -0.15) is 0 Å². The predicted molar refractivity (Wildman–Crippen MR) is 65.0 cm³/mol. The zero-order chi connectivity index (χ0) is 12.3. The van der Waals surface area contributed by atoms with Gasteiger partial charge in [0.25, 0.3) is 5.56 Å². The summed E-state index contributed by atoms with van der Waals surface area (Å²) in [6.45, 7) is 2.38. The van der Waals surface area contributed by atoms with E-state index >= 15 is 0 Å². The lowest BCUT2D eigenvalue weighted by Crippen LogP contribution is -2.22. The van der Waals surface area contributed by atoms with Crippen molar-refractivity contribution in [2.24, 2.45) is 0 Å². The highest BCUT2D eigenvalue weighted by Gasteiger charge is 2.03. The number of hydrogen-bond donors (Lipinski definition) is 1.